The van der Waals surface area contributed by atoms with E-state index in [4.69, 9.17) is 19.4 Å². The molecule has 0 saturated heterocycles. The molecule has 0 unspecified atom stereocenters. The summed E-state index contributed by atoms with van der Waals surface area (Å²) in [5.41, 5.74) is 0.387. The Kier molecular flexibility index (Phi) is 6.42. The third-order valence-corrected chi connectivity index (χ3v) is 2.44. The Morgan fingerprint density at radius 3 is 2.61 bits per heavy atom. The summed E-state index contributed by atoms with van der Waals surface area (Å²) in [5.74, 6) is 0.0598. The second-order valence-corrected chi connectivity index (χ2v) is 3.70. The molecule has 0 aliphatic heterocycles. The second-order valence-electron chi connectivity index (χ2n) is 3.70. The van der Waals surface area contributed by atoms with Gasteiger partial charge in [0.05, 0.1) is 32.6 Å². The number of rotatable bonds is 8. The van der Waals surface area contributed by atoms with Gasteiger partial charge in [-0.2, -0.15) is 0 Å². The van der Waals surface area contributed by atoms with Gasteiger partial charge in [0.15, 0.2) is 0 Å². The fraction of sp³-hybridized carbons (Fsp3) is 0.583. The third kappa shape index (κ3) is 4.14. The van der Waals surface area contributed by atoms with E-state index in [9.17, 15) is 4.79 Å². The van der Waals surface area contributed by atoms with E-state index in [0.29, 0.717) is 37.6 Å². The average Bonchev–Trinajstić information content (AvgIpc) is 2.78. The van der Waals surface area contributed by atoms with Crippen LogP contribution in [-0.2, 0) is 11.3 Å². The normalized spacial score (nSPS) is 10.9. The molecule has 0 aromatic carbocycles. The van der Waals surface area contributed by atoms with Crippen molar-refractivity contribution in [2.24, 2.45) is 0 Å². The van der Waals surface area contributed by atoms with Gasteiger partial charge in [0.1, 0.15) is 11.3 Å². The summed E-state index contributed by atoms with van der Waals surface area (Å²) < 4.78 is 10.2. The SMILES string of the molecule is CCOC(=O)c1ccoc1CN(CCO)CCO. The fourth-order valence-electron chi connectivity index (χ4n) is 1.61. The van der Waals surface area contributed by atoms with Crippen LogP contribution in [0.3, 0.4) is 0 Å². The molecule has 1 aromatic rings. The molecule has 1 rings (SSSR count). The van der Waals surface area contributed by atoms with Gasteiger partial charge in [0.25, 0.3) is 0 Å². The first-order valence-electron chi connectivity index (χ1n) is 5.90. The van der Waals surface area contributed by atoms with Crippen LogP contribution in [0, 0.1) is 0 Å². The summed E-state index contributed by atoms with van der Waals surface area (Å²) in [4.78, 5) is 13.4. The lowest BCUT2D eigenvalue weighted by Crippen LogP contribution is -2.29. The van der Waals surface area contributed by atoms with Gasteiger partial charge in [-0.3, -0.25) is 4.90 Å². The van der Waals surface area contributed by atoms with Gasteiger partial charge in [-0.05, 0) is 13.0 Å². The minimum Gasteiger partial charge on any atom is -0.467 e. The second kappa shape index (κ2) is 7.86. The molecule has 0 amide bonds. The Bertz CT molecular complexity index is 357. The molecule has 0 bridgehead atoms. The molecule has 0 atom stereocenters. The lowest BCUT2D eigenvalue weighted by Gasteiger charge is -2.19. The molecule has 18 heavy (non-hydrogen) atoms. The van der Waals surface area contributed by atoms with Crippen molar-refractivity contribution in [3.05, 3.63) is 23.7 Å². The van der Waals surface area contributed by atoms with Crippen molar-refractivity contribution in [1.29, 1.82) is 0 Å². The summed E-state index contributed by atoms with van der Waals surface area (Å²) in [5, 5.41) is 17.8. The third-order valence-electron chi connectivity index (χ3n) is 2.44. The van der Waals surface area contributed by atoms with E-state index in [1.54, 1.807) is 17.9 Å². The van der Waals surface area contributed by atoms with E-state index < -0.39 is 5.97 Å². The summed E-state index contributed by atoms with van der Waals surface area (Å²) >= 11 is 0. The molecule has 0 radical (unpaired) electrons. The monoisotopic (exact) mass is 257 g/mol. The zero-order valence-electron chi connectivity index (χ0n) is 10.5. The summed E-state index contributed by atoms with van der Waals surface area (Å²) in [6.45, 7) is 3.17. The first-order chi connectivity index (χ1) is 8.72. The predicted octanol–water partition coefficient (Wildman–Crippen LogP) is 0.243. The average molecular weight is 257 g/mol. The molecule has 0 aliphatic rings. The molecule has 6 nitrogen and oxygen atoms in total. The van der Waals surface area contributed by atoms with Gasteiger partial charge in [0.2, 0.25) is 0 Å². The first kappa shape index (κ1) is 14.7. The highest BCUT2D eigenvalue weighted by atomic mass is 16.5. The number of ether oxygens (including phenoxy) is 1. The number of carbonyl (C=O) groups excluding carboxylic acids is 1. The summed E-state index contributed by atoms with van der Waals surface area (Å²) in [6, 6.07) is 1.56. The fourth-order valence-corrected chi connectivity index (χ4v) is 1.61. The maximum absolute atomic E-state index is 11.6. The van der Waals surface area contributed by atoms with Gasteiger partial charge in [0, 0.05) is 13.1 Å². The van der Waals surface area contributed by atoms with Crippen molar-refractivity contribution >= 4 is 5.97 Å². The Morgan fingerprint density at radius 2 is 2.06 bits per heavy atom. The number of hydrogen-bond acceptors (Lipinski definition) is 6. The van der Waals surface area contributed by atoms with Crippen LogP contribution in [-0.4, -0.2) is 54.0 Å². The number of carbonyl (C=O) groups is 1. The van der Waals surface area contributed by atoms with Crippen LogP contribution < -0.4 is 0 Å². The Hall–Kier alpha value is -1.37. The van der Waals surface area contributed by atoms with Gasteiger partial charge >= 0.3 is 5.97 Å². The van der Waals surface area contributed by atoms with Crippen molar-refractivity contribution in [1.82, 2.24) is 4.90 Å². The lowest BCUT2D eigenvalue weighted by molar-refractivity contribution is 0.0521. The van der Waals surface area contributed by atoms with E-state index in [1.165, 1.54) is 6.26 Å². The number of hydrogen-bond donors (Lipinski definition) is 2. The number of nitrogens with zero attached hydrogens (tertiary/aromatic N) is 1. The molecule has 2 N–H and O–H groups in total. The van der Waals surface area contributed by atoms with Gasteiger partial charge in [-0.1, -0.05) is 0 Å². The van der Waals surface area contributed by atoms with Crippen LogP contribution in [0.4, 0.5) is 0 Å². The summed E-state index contributed by atoms with van der Waals surface area (Å²) in [7, 11) is 0. The Morgan fingerprint density at radius 1 is 1.39 bits per heavy atom. The largest absolute Gasteiger partial charge is 0.467 e. The van der Waals surface area contributed by atoms with E-state index in [1.807, 2.05) is 0 Å². The molecule has 1 heterocycles. The lowest BCUT2D eigenvalue weighted by atomic mass is 10.2. The highest BCUT2D eigenvalue weighted by molar-refractivity contribution is 5.90. The topological polar surface area (TPSA) is 83.1 Å². The highest BCUT2D eigenvalue weighted by Gasteiger charge is 2.17. The van der Waals surface area contributed by atoms with Crippen LogP contribution in [0.2, 0.25) is 0 Å². The highest BCUT2D eigenvalue weighted by Crippen LogP contribution is 2.14. The molecular formula is C12H19NO5. The molecule has 0 saturated carbocycles. The van der Waals surface area contributed by atoms with Crippen molar-refractivity contribution in [2.75, 3.05) is 32.9 Å². The smallest absolute Gasteiger partial charge is 0.341 e. The Balaban J connectivity index is 2.70. The molecule has 1 aromatic heterocycles. The van der Waals surface area contributed by atoms with Crippen LogP contribution >= 0.6 is 0 Å². The molecule has 0 fully saturated rings. The number of aliphatic hydroxyl groups is 2. The van der Waals surface area contributed by atoms with Crippen LogP contribution in [0.1, 0.15) is 23.0 Å². The van der Waals surface area contributed by atoms with Crippen molar-refractivity contribution < 1.29 is 24.2 Å². The number of aliphatic hydroxyl groups excluding tert-OH is 2. The van der Waals surface area contributed by atoms with Crippen LogP contribution in [0.25, 0.3) is 0 Å². The minimum absolute atomic E-state index is 0.0184. The zero-order chi connectivity index (χ0) is 13.4. The van der Waals surface area contributed by atoms with Gasteiger partial charge in [-0.25, -0.2) is 4.79 Å². The molecule has 0 spiro atoms. The van der Waals surface area contributed by atoms with Gasteiger partial charge < -0.3 is 19.4 Å². The Labute approximate surface area is 106 Å². The maximum atomic E-state index is 11.6. The standard InChI is InChI=1S/C12H19NO5/c1-2-17-12(16)10-3-8-18-11(10)9-13(4-6-14)5-7-15/h3,8,14-15H,2,4-7,9H2,1H3. The van der Waals surface area contributed by atoms with Crippen LogP contribution in [0.15, 0.2) is 16.7 Å². The number of furan rings is 1. The molecule has 102 valence electrons. The summed E-state index contributed by atoms with van der Waals surface area (Å²) in [6.07, 6.45) is 1.43. The van der Waals surface area contributed by atoms with Crippen molar-refractivity contribution in [3.8, 4) is 0 Å². The quantitative estimate of drug-likeness (QED) is 0.649. The predicted molar refractivity (Wildman–Crippen MR) is 64.1 cm³/mol. The molecule has 6 heteroatoms. The van der Waals surface area contributed by atoms with Crippen molar-refractivity contribution in [3.63, 3.8) is 0 Å². The van der Waals surface area contributed by atoms with E-state index in [2.05, 4.69) is 0 Å². The van der Waals surface area contributed by atoms with Gasteiger partial charge in [-0.15, -0.1) is 0 Å². The van der Waals surface area contributed by atoms with Crippen molar-refractivity contribution in [2.45, 2.75) is 13.5 Å². The minimum atomic E-state index is -0.422. The number of esters is 1. The van der Waals surface area contributed by atoms with E-state index >= 15 is 0 Å². The first-order valence-corrected chi connectivity index (χ1v) is 5.90. The molecule has 0 aliphatic carbocycles. The maximum Gasteiger partial charge on any atom is 0.341 e. The van der Waals surface area contributed by atoms with E-state index in [0.717, 1.165) is 0 Å². The molecular weight excluding hydrogens is 238 g/mol. The zero-order valence-corrected chi connectivity index (χ0v) is 10.5. The van der Waals surface area contributed by atoms with Crippen LogP contribution in [0.5, 0.6) is 0 Å². The van der Waals surface area contributed by atoms with E-state index in [-0.39, 0.29) is 13.2 Å².